The van der Waals surface area contributed by atoms with Crippen LogP contribution in [0.15, 0.2) is 30.6 Å². The number of hydrogen-bond acceptors (Lipinski definition) is 4. The lowest BCUT2D eigenvalue weighted by molar-refractivity contribution is 0.314. The second kappa shape index (κ2) is 8.36. The van der Waals surface area contributed by atoms with Gasteiger partial charge in [-0.3, -0.25) is 4.98 Å². The van der Waals surface area contributed by atoms with Gasteiger partial charge in [0.25, 0.3) is 0 Å². The van der Waals surface area contributed by atoms with Gasteiger partial charge in [-0.05, 0) is 12.1 Å². The molecule has 0 amide bonds. The van der Waals surface area contributed by atoms with E-state index in [9.17, 15) is 0 Å². The summed E-state index contributed by atoms with van der Waals surface area (Å²) < 4.78 is 10.8. The average molecular weight is 358 g/mol. The molecule has 2 aromatic rings. The number of nitrogens with one attached hydrogen (secondary N) is 1. The number of rotatable bonds is 7. The van der Waals surface area contributed by atoms with Crippen molar-refractivity contribution < 1.29 is 9.47 Å². The largest absolute Gasteiger partial charge is 0.493 e. The van der Waals surface area contributed by atoms with E-state index in [4.69, 9.17) is 45.3 Å². The molecule has 7 heteroatoms. The Bertz CT molecular complexity index is 621. The van der Waals surface area contributed by atoms with Gasteiger partial charge in [-0.25, -0.2) is 0 Å². The molecule has 0 aliphatic rings. The second-order valence-corrected chi connectivity index (χ2v) is 5.58. The predicted molar refractivity (Wildman–Crippen MR) is 92.5 cm³/mol. The fourth-order valence-corrected chi connectivity index (χ4v) is 2.43. The Kier molecular flexibility index (Phi) is 6.49. The predicted octanol–water partition coefficient (Wildman–Crippen LogP) is 4.59. The van der Waals surface area contributed by atoms with Crippen LogP contribution in [-0.4, -0.2) is 24.5 Å². The molecule has 1 heterocycles. The number of ether oxygens (including phenoxy) is 2. The van der Waals surface area contributed by atoms with E-state index in [1.54, 1.807) is 19.5 Å². The molecule has 0 saturated carbocycles. The quantitative estimate of drug-likeness (QED) is 0.787. The minimum absolute atomic E-state index is 0.456. The first kappa shape index (κ1) is 17.1. The zero-order valence-corrected chi connectivity index (χ0v) is 14.3. The molecule has 0 aliphatic carbocycles. The summed E-state index contributed by atoms with van der Waals surface area (Å²) in [6, 6.07) is 5.58. The third kappa shape index (κ3) is 4.35. The van der Waals surface area contributed by atoms with Crippen LogP contribution >= 0.6 is 35.8 Å². The van der Waals surface area contributed by atoms with E-state index in [1.807, 2.05) is 18.2 Å². The van der Waals surface area contributed by atoms with Gasteiger partial charge in [0.15, 0.2) is 11.5 Å². The van der Waals surface area contributed by atoms with E-state index < -0.39 is 0 Å². The maximum absolute atomic E-state index is 6.10. The summed E-state index contributed by atoms with van der Waals surface area (Å²) in [6.45, 7) is 0.935. The molecule has 0 atom stereocenters. The monoisotopic (exact) mass is 357 g/mol. The standard InChI is InChI=1S/C15H15Cl2N2O2S/c1-20-14-3-2-10(6-15(14)21-4-5-22)19-7-11-12(16)8-18-9-13(11)17/h2-3,6,8-9,19H,4-5,7H2,1H3. The molecule has 22 heavy (non-hydrogen) atoms. The summed E-state index contributed by atoms with van der Waals surface area (Å²) in [4.78, 5) is 3.93. The van der Waals surface area contributed by atoms with Crippen molar-refractivity contribution in [3.05, 3.63) is 46.2 Å². The van der Waals surface area contributed by atoms with E-state index in [0.717, 1.165) is 11.3 Å². The number of hydrogen-bond donors (Lipinski definition) is 1. The van der Waals surface area contributed by atoms with Crippen molar-refractivity contribution in [1.82, 2.24) is 4.98 Å². The van der Waals surface area contributed by atoms with Crippen molar-refractivity contribution in [2.45, 2.75) is 6.54 Å². The number of methoxy groups -OCH3 is 1. The number of halogens is 2. The number of anilines is 1. The van der Waals surface area contributed by atoms with Crippen LogP contribution in [0.4, 0.5) is 5.69 Å². The van der Waals surface area contributed by atoms with Gasteiger partial charge in [0.1, 0.15) is 0 Å². The summed E-state index contributed by atoms with van der Waals surface area (Å²) in [5.41, 5.74) is 1.66. The molecule has 117 valence electrons. The molecule has 0 unspecified atom stereocenters. The minimum Gasteiger partial charge on any atom is -0.493 e. The Morgan fingerprint density at radius 3 is 2.55 bits per heavy atom. The summed E-state index contributed by atoms with van der Waals surface area (Å²) in [5, 5.41) is 4.30. The topological polar surface area (TPSA) is 43.4 Å². The fraction of sp³-hybridized carbons (Fsp3) is 0.267. The van der Waals surface area contributed by atoms with Crippen molar-refractivity contribution in [1.29, 1.82) is 0 Å². The number of pyridine rings is 1. The van der Waals surface area contributed by atoms with Crippen LogP contribution in [0.2, 0.25) is 10.0 Å². The Morgan fingerprint density at radius 1 is 1.18 bits per heavy atom. The minimum atomic E-state index is 0.456. The zero-order chi connectivity index (χ0) is 15.9. The van der Waals surface area contributed by atoms with Gasteiger partial charge in [-0.1, -0.05) is 35.8 Å². The van der Waals surface area contributed by atoms with Crippen molar-refractivity contribution in [3.63, 3.8) is 0 Å². The molecule has 0 fully saturated rings. The molecular weight excluding hydrogens is 343 g/mol. The highest BCUT2D eigenvalue weighted by molar-refractivity contribution is 7.80. The maximum Gasteiger partial charge on any atom is 0.163 e. The maximum atomic E-state index is 6.10. The van der Waals surface area contributed by atoms with Gasteiger partial charge in [0, 0.05) is 42.0 Å². The summed E-state index contributed by atoms with van der Waals surface area (Å²) in [6.07, 6.45) is 3.13. The summed E-state index contributed by atoms with van der Waals surface area (Å²) >= 11 is 17.1. The average Bonchev–Trinajstić information content (AvgIpc) is 2.52. The highest BCUT2D eigenvalue weighted by atomic mass is 35.5. The first-order chi connectivity index (χ1) is 10.7. The molecule has 4 nitrogen and oxygen atoms in total. The highest BCUT2D eigenvalue weighted by Gasteiger charge is 2.08. The zero-order valence-electron chi connectivity index (χ0n) is 11.9. The lowest BCUT2D eigenvalue weighted by Crippen LogP contribution is -2.04. The number of aromatic nitrogens is 1. The van der Waals surface area contributed by atoms with Gasteiger partial charge in [-0.15, -0.1) is 0 Å². The third-order valence-corrected chi connectivity index (χ3v) is 3.74. The van der Waals surface area contributed by atoms with Gasteiger partial charge in [0.05, 0.1) is 23.8 Å². The smallest absolute Gasteiger partial charge is 0.163 e. The summed E-state index contributed by atoms with van der Waals surface area (Å²) in [7, 11) is 1.60. The Hall–Kier alpha value is -1.30. The number of benzene rings is 1. The van der Waals surface area contributed by atoms with Crippen molar-refractivity contribution >= 4 is 41.5 Å². The molecular formula is C15H15Cl2N2O2S. The first-order valence-corrected chi connectivity index (χ1v) is 7.89. The van der Waals surface area contributed by atoms with Crippen molar-refractivity contribution in [2.24, 2.45) is 0 Å². The molecule has 0 aliphatic heterocycles. The van der Waals surface area contributed by atoms with E-state index in [2.05, 4.69) is 10.3 Å². The first-order valence-electron chi connectivity index (χ1n) is 6.56. The third-order valence-electron chi connectivity index (χ3n) is 2.93. The number of nitrogens with zero attached hydrogens (tertiary/aromatic N) is 1. The van der Waals surface area contributed by atoms with E-state index in [1.165, 1.54) is 0 Å². The lowest BCUT2D eigenvalue weighted by atomic mass is 10.2. The molecule has 0 saturated heterocycles. The molecule has 0 bridgehead atoms. The Balaban J connectivity index is 2.12. The van der Waals surface area contributed by atoms with Gasteiger partial charge in [0.2, 0.25) is 0 Å². The van der Waals surface area contributed by atoms with E-state index in [-0.39, 0.29) is 0 Å². The molecule has 0 spiro atoms. The summed E-state index contributed by atoms with van der Waals surface area (Å²) in [5.74, 6) is 1.82. The van der Waals surface area contributed by atoms with Crippen LogP contribution in [0.25, 0.3) is 0 Å². The van der Waals surface area contributed by atoms with Gasteiger partial charge < -0.3 is 14.8 Å². The lowest BCUT2D eigenvalue weighted by Gasteiger charge is -2.13. The molecule has 1 aromatic heterocycles. The SMILES string of the molecule is COc1ccc(NCc2c(Cl)cncc2Cl)cc1OCC[S]. The van der Waals surface area contributed by atoms with Crippen LogP contribution in [0.5, 0.6) is 11.5 Å². The van der Waals surface area contributed by atoms with Crippen LogP contribution in [-0.2, 0) is 6.54 Å². The molecule has 1 N–H and O–H groups in total. The Labute approximate surface area is 145 Å². The van der Waals surface area contributed by atoms with Crippen LogP contribution < -0.4 is 14.8 Å². The van der Waals surface area contributed by atoms with Gasteiger partial charge in [-0.2, -0.15) is 0 Å². The van der Waals surface area contributed by atoms with E-state index in [0.29, 0.717) is 40.4 Å². The van der Waals surface area contributed by atoms with Crippen LogP contribution in [0.3, 0.4) is 0 Å². The van der Waals surface area contributed by atoms with Gasteiger partial charge >= 0.3 is 0 Å². The molecule has 1 aromatic carbocycles. The van der Waals surface area contributed by atoms with Crippen molar-refractivity contribution in [3.8, 4) is 11.5 Å². The Morgan fingerprint density at radius 2 is 1.91 bits per heavy atom. The molecule has 1 radical (unpaired) electrons. The molecule has 2 rings (SSSR count). The van der Waals surface area contributed by atoms with Crippen LogP contribution in [0.1, 0.15) is 5.56 Å². The van der Waals surface area contributed by atoms with E-state index >= 15 is 0 Å². The second-order valence-electron chi connectivity index (χ2n) is 4.35. The normalized spacial score (nSPS) is 10.4. The highest BCUT2D eigenvalue weighted by Crippen LogP contribution is 2.31. The van der Waals surface area contributed by atoms with Crippen molar-refractivity contribution in [2.75, 3.05) is 24.8 Å². The fourth-order valence-electron chi connectivity index (χ4n) is 1.85. The van der Waals surface area contributed by atoms with Crippen LogP contribution in [0, 0.1) is 0 Å².